The van der Waals surface area contributed by atoms with Gasteiger partial charge in [0.1, 0.15) is 80.0 Å². The van der Waals surface area contributed by atoms with E-state index in [0.29, 0.717) is 12.0 Å². The number of phenolic OH excluding ortho intramolecular Hbond substituents is 7. The van der Waals surface area contributed by atoms with Crippen LogP contribution < -0.4 is 15.6 Å². The molecule has 2 aliphatic rings. The number of allylic oxidation sites excluding steroid dienone is 6. The Balaban J connectivity index is 1.45. The molecule has 12 nitrogen and oxygen atoms in total. The third-order valence-electron chi connectivity index (χ3n) is 12.1. The van der Waals surface area contributed by atoms with Crippen LogP contribution in [0.5, 0.6) is 46.0 Å². The van der Waals surface area contributed by atoms with Crippen LogP contribution in [0.15, 0.2) is 102 Å². The number of hydrogen-bond acceptors (Lipinski definition) is 12. The van der Waals surface area contributed by atoms with Gasteiger partial charge in [0.05, 0.1) is 16.7 Å². The van der Waals surface area contributed by atoms with E-state index in [1.54, 1.807) is 6.08 Å². The van der Waals surface area contributed by atoms with E-state index in [9.17, 15) is 45.3 Å². The average molecular weight is 841 g/mol. The molecule has 12 heteroatoms. The summed E-state index contributed by atoms with van der Waals surface area (Å²) in [6, 6.07) is 10.2. The molecule has 0 radical (unpaired) electrons. The first-order chi connectivity index (χ1) is 29.3. The number of ether oxygens (including phenoxy) is 1. The van der Waals surface area contributed by atoms with Crippen LogP contribution in [-0.4, -0.2) is 35.7 Å². The molecular formula is C50H48O12. The minimum atomic E-state index is -1.12. The van der Waals surface area contributed by atoms with Gasteiger partial charge < -0.3 is 49.3 Å². The lowest BCUT2D eigenvalue weighted by molar-refractivity contribution is 0.0166. The van der Waals surface area contributed by atoms with Crippen molar-refractivity contribution in [3.8, 4) is 68.6 Å². The molecule has 0 amide bonds. The maximum Gasteiger partial charge on any atom is 0.200 e. The second-order valence-corrected chi connectivity index (χ2v) is 17.7. The largest absolute Gasteiger partial charge is 0.508 e. The molecule has 0 bridgehead atoms. The first-order valence-corrected chi connectivity index (χ1v) is 20.3. The monoisotopic (exact) mass is 840 g/mol. The van der Waals surface area contributed by atoms with Crippen molar-refractivity contribution >= 4 is 21.9 Å². The summed E-state index contributed by atoms with van der Waals surface area (Å²) in [6.45, 7) is 13.5. The molecule has 2 aromatic heterocycles. The van der Waals surface area contributed by atoms with E-state index in [1.165, 1.54) is 30.3 Å². The fraction of sp³-hybridized carbons (Fsp3) is 0.280. The Kier molecular flexibility index (Phi) is 10.2. The van der Waals surface area contributed by atoms with E-state index >= 15 is 0 Å². The van der Waals surface area contributed by atoms with Crippen molar-refractivity contribution in [3.05, 3.63) is 126 Å². The summed E-state index contributed by atoms with van der Waals surface area (Å²) < 4.78 is 20.2. The highest BCUT2D eigenvalue weighted by molar-refractivity contribution is 5.93. The Morgan fingerprint density at radius 2 is 1.15 bits per heavy atom. The molecule has 0 saturated heterocycles. The number of aromatic hydroxyl groups is 7. The van der Waals surface area contributed by atoms with Crippen molar-refractivity contribution < 1.29 is 49.3 Å². The molecule has 0 fully saturated rings. The smallest absolute Gasteiger partial charge is 0.200 e. The number of phenols is 7. The van der Waals surface area contributed by atoms with E-state index in [1.807, 2.05) is 60.6 Å². The Hall–Kier alpha value is -7.08. The molecule has 3 heterocycles. The maximum absolute atomic E-state index is 14.6. The minimum absolute atomic E-state index is 0.0175. The molecule has 1 aliphatic carbocycles. The topological polar surface area (TPSA) is 211 Å². The van der Waals surface area contributed by atoms with Gasteiger partial charge in [0.15, 0.2) is 5.58 Å². The first-order valence-electron chi connectivity index (χ1n) is 20.3. The Labute approximate surface area is 356 Å². The van der Waals surface area contributed by atoms with Gasteiger partial charge in [0.25, 0.3) is 0 Å². The predicted molar refractivity (Wildman–Crippen MR) is 236 cm³/mol. The van der Waals surface area contributed by atoms with E-state index in [4.69, 9.17) is 13.6 Å². The highest BCUT2D eigenvalue weighted by Gasteiger charge is 2.52. The molecule has 7 N–H and O–H groups in total. The third-order valence-corrected chi connectivity index (χ3v) is 12.1. The van der Waals surface area contributed by atoms with Gasteiger partial charge >= 0.3 is 0 Å². The summed E-state index contributed by atoms with van der Waals surface area (Å²) in [5, 5.41) is 77.2. The summed E-state index contributed by atoms with van der Waals surface area (Å²) >= 11 is 0. The van der Waals surface area contributed by atoms with Crippen molar-refractivity contribution in [3.63, 3.8) is 0 Å². The Morgan fingerprint density at radius 3 is 1.63 bits per heavy atom. The zero-order chi connectivity index (χ0) is 44.7. The second kappa shape index (κ2) is 15.1. The lowest BCUT2D eigenvalue weighted by Crippen LogP contribution is -2.42. The molecule has 62 heavy (non-hydrogen) atoms. The van der Waals surface area contributed by atoms with Crippen LogP contribution >= 0.6 is 0 Å². The van der Waals surface area contributed by atoms with E-state index in [2.05, 4.69) is 0 Å². The van der Waals surface area contributed by atoms with Gasteiger partial charge in [-0.05, 0) is 83.6 Å². The Morgan fingerprint density at radius 1 is 0.661 bits per heavy atom. The van der Waals surface area contributed by atoms with Crippen LogP contribution in [0.1, 0.15) is 89.2 Å². The van der Waals surface area contributed by atoms with Crippen molar-refractivity contribution in [2.45, 2.75) is 79.8 Å². The molecule has 0 unspecified atom stereocenters. The highest BCUT2D eigenvalue weighted by Crippen LogP contribution is 2.62. The lowest BCUT2D eigenvalue weighted by atomic mass is 9.59. The van der Waals surface area contributed by atoms with Gasteiger partial charge in [-0.1, -0.05) is 48.8 Å². The van der Waals surface area contributed by atoms with Crippen LogP contribution in [0.25, 0.3) is 44.6 Å². The average Bonchev–Trinajstić information content (AvgIpc) is 3.15. The van der Waals surface area contributed by atoms with Crippen molar-refractivity contribution in [1.29, 1.82) is 0 Å². The predicted octanol–water partition coefficient (Wildman–Crippen LogP) is 10.4. The molecule has 4 aromatic carbocycles. The van der Waals surface area contributed by atoms with Crippen LogP contribution in [-0.2, 0) is 12.8 Å². The second-order valence-electron chi connectivity index (χ2n) is 17.7. The summed E-state index contributed by atoms with van der Waals surface area (Å²) in [5.41, 5.74) is 1.84. The van der Waals surface area contributed by atoms with Crippen LogP contribution in [0.2, 0.25) is 0 Å². The molecule has 3 atom stereocenters. The summed E-state index contributed by atoms with van der Waals surface area (Å²) in [4.78, 5) is 29.3. The summed E-state index contributed by atoms with van der Waals surface area (Å²) in [6.07, 6.45) is 5.30. The zero-order valence-electron chi connectivity index (χ0n) is 35.4. The summed E-state index contributed by atoms with van der Waals surface area (Å²) in [5.74, 6) is -3.66. The van der Waals surface area contributed by atoms with Gasteiger partial charge in [0, 0.05) is 52.8 Å². The molecule has 8 rings (SSSR count). The zero-order valence-corrected chi connectivity index (χ0v) is 35.4. The fourth-order valence-electron chi connectivity index (χ4n) is 9.40. The lowest BCUT2D eigenvalue weighted by Gasteiger charge is -2.49. The van der Waals surface area contributed by atoms with E-state index < -0.39 is 51.5 Å². The molecule has 0 saturated carbocycles. The van der Waals surface area contributed by atoms with Crippen molar-refractivity contribution in [2.75, 3.05) is 0 Å². The van der Waals surface area contributed by atoms with Gasteiger partial charge in [-0.3, -0.25) is 9.59 Å². The van der Waals surface area contributed by atoms with Gasteiger partial charge in [-0.25, -0.2) is 0 Å². The SMILES string of the molecule is CC(C)=CCc1c(-c2ccc(O)cc2O)oc2c3c(cc(O)c2c1=O)O[C@H](c1c(O)cc(O)c2c(=O)c(CC=C(C)C)c(-c4ccc(O)cc4O)oc12)[C@@H]1[C@@H]3C=C(C)CC1(C)C. The van der Waals surface area contributed by atoms with E-state index in [0.717, 1.165) is 34.9 Å². The van der Waals surface area contributed by atoms with Crippen molar-refractivity contribution in [1.82, 2.24) is 0 Å². The first kappa shape index (κ1) is 41.6. The molecule has 320 valence electrons. The van der Waals surface area contributed by atoms with Gasteiger partial charge in [-0.2, -0.15) is 0 Å². The Bertz CT molecular complexity index is 3080. The number of rotatable bonds is 7. The fourth-order valence-corrected chi connectivity index (χ4v) is 9.40. The van der Waals surface area contributed by atoms with Crippen LogP contribution in [0.4, 0.5) is 0 Å². The molecular weight excluding hydrogens is 793 g/mol. The molecule has 1 aliphatic heterocycles. The highest BCUT2D eigenvalue weighted by atomic mass is 16.5. The molecule has 6 aromatic rings. The van der Waals surface area contributed by atoms with Gasteiger partial charge in [0.2, 0.25) is 10.9 Å². The van der Waals surface area contributed by atoms with Crippen LogP contribution in [0.3, 0.4) is 0 Å². The number of hydrogen-bond donors (Lipinski definition) is 7. The third kappa shape index (κ3) is 6.89. The molecule has 0 spiro atoms. The van der Waals surface area contributed by atoms with Crippen molar-refractivity contribution in [2.24, 2.45) is 11.3 Å². The normalized spacial score (nSPS) is 17.8. The number of benzene rings is 4. The minimum Gasteiger partial charge on any atom is -0.508 e. The quantitative estimate of drug-likeness (QED) is 0.0749. The maximum atomic E-state index is 14.6. The number of fused-ring (bicyclic) bond motifs is 6. The van der Waals surface area contributed by atoms with E-state index in [-0.39, 0.29) is 103 Å². The summed E-state index contributed by atoms with van der Waals surface area (Å²) in [7, 11) is 0. The van der Waals surface area contributed by atoms with Gasteiger partial charge in [-0.15, -0.1) is 0 Å². The van der Waals surface area contributed by atoms with Crippen LogP contribution in [0, 0.1) is 11.3 Å². The standard InChI is InChI=1S/C50H48O12/c1-22(2)8-12-29-43(58)39-34(55)19-35(56)41(48(39)62-46(29)28-15-11-26(52)18-33(28)54)49-42-31(16-24(5)21-50(42,6)7)38-37(60-49)20-36(57)40-44(59)30(13-9-23(3)4)45(61-47(38)40)27-14-10-25(51)17-32(27)53/h8-11,14-20,31,42,49,51-57H,12-13,21H2,1-7H3/t31-,42+,49-/m1/s1.